The summed E-state index contributed by atoms with van der Waals surface area (Å²) in [4.78, 5) is 0. The molecule has 4 atom stereocenters. The molecule has 0 aliphatic rings. The van der Waals surface area contributed by atoms with Crippen molar-refractivity contribution in [3.8, 4) is 0 Å². The molecule has 18 heavy (non-hydrogen) atoms. The van der Waals surface area contributed by atoms with Crippen LogP contribution in [0.5, 0.6) is 0 Å². The van der Waals surface area contributed by atoms with E-state index in [1.54, 1.807) is 7.05 Å². The Kier molecular flexibility index (Phi) is 58.0. The van der Waals surface area contributed by atoms with E-state index in [9.17, 15) is 5.11 Å². The van der Waals surface area contributed by atoms with Gasteiger partial charge in [0, 0.05) is 227 Å². The number of aliphatic hydroxyl groups is 5. The van der Waals surface area contributed by atoms with Crippen LogP contribution in [-0.4, -0.2) is 70.1 Å². The SMILES string of the molecule is CNC[C@H](O)[C@H](O)[C@@H](O)[C@@H](O)CO.[Ac].[Ac].[Ac].[Ac].[Ac]. The molecule has 0 heterocycles. The van der Waals surface area contributed by atoms with Crippen molar-refractivity contribution in [2.24, 2.45) is 0 Å². The first-order valence-corrected chi connectivity index (χ1v) is 4.02. The van der Waals surface area contributed by atoms with Crippen molar-refractivity contribution in [1.82, 2.24) is 5.32 Å². The van der Waals surface area contributed by atoms with Crippen LogP contribution in [0.4, 0.5) is 0 Å². The molecule has 0 unspecified atom stereocenters. The molecule has 0 aromatic heterocycles. The summed E-state index contributed by atoms with van der Waals surface area (Å²) in [6.07, 6.45) is -5.65. The topological polar surface area (TPSA) is 113 Å². The Morgan fingerprint density at radius 1 is 0.778 bits per heavy atom. The van der Waals surface area contributed by atoms with Crippen LogP contribution in [0, 0.1) is 220 Å². The first-order chi connectivity index (χ1) is 6.04. The fourth-order valence-corrected chi connectivity index (χ4v) is 0.893. The molecular formula is C7H17Ac5NO5. The molecule has 0 aliphatic heterocycles. The van der Waals surface area contributed by atoms with E-state index in [2.05, 4.69) is 5.32 Å². The average molecular weight is 1330 g/mol. The molecule has 6 nitrogen and oxygen atoms in total. The van der Waals surface area contributed by atoms with E-state index < -0.39 is 31.0 Å². The van der Waals surface area contributed by atoms with Crippen LogP contribution in [-0.2, 0) is 0 Å². The minimum absolute atomic E-state index is 0. The van der Waals surface area contributed by atoms with Crippen molar-refractivity contribution in [1.29, 1.82) is 0 Å². The summed E-state index contributed by atoms with van der Waals surface area (Å²) in [7, 11) is 1.57. The number of rotatable bonds is 6. The van der Waals surface area contributed by atoms with Crippen molar-refractivity contribution in [2.45, 2.75) is 24.4 Å². The predicted molar refractivity (Wildman–Crippen MR) is 45.0 cm³/mol. The van der Waals surface area contributed by atoms with E-state index >= 15 is 0 Å². The van der Waals surface area contributed by atoms with Gasteiger partial charge in [0.15, 0.2) is 0 Å². The first kappa shape index (κ1) is 39.9. The standard InChI is InChI=1S/C7H17NO5.5Ac/c1-8-2-4(10)6(12)7(13)5(11)3-9;;;;;/h4-13H,2-3H2,1H3;;;;;/t4-,5-,6-,7-;;;;;/m0...../s1. The largest absolute Gasteiger partial charge is 0.394 e. The predicted octanol–water partition coefficient (Wildman–Crippen LogP) is -3.36. The number of hydrogen-bond acceptors (Lipinski definition) is 6. The Morgan fingerprint density at radius 2 is 1.11 bits per heavy atom. The maximum absolute atomic E-state index is 9.21. The van der Waals surface area contributed by atoms with E-state index in [-0.39, 0.29) is 227 Å². The van der Waals surface area contributed by atoms with Gasteiger partial charge in [-0.3, -0.25) is 0 Å². The van der Waals surface area contributed by atoms with Crippen LogP contribution in [0.25, 0.3) is 0 Å². The van der Waals surface area contributed by atoms with E-state index in [1.807, 2.05) is 0 Å². The molecule has 0 saturated carbocycles. The molecule has 0 aromatic rings. The van der Waals surface area contributed by atoms with Crippen LogP contribution in [0.15, 0.2) is 0 Å². The maximum Gasteiger partial charge on any atom is 0.111 e. The third kappa shape index (κ3) is 19.3. The summed E-state index contributed by atoms with van der Waals surface area (Å²) < 4.78 is 0. The average Bonchev–Trinajstić information content (AvgIpc) is 2.14. The Labute approximate surface area is 287 Å². The van der Waals surface area contributed by atoms with Crippen LogP contribution in [0.3, 0.4) is 0 Å². The Morgan fingerprint density at radius 3 is 1.39 bits per heavy atom. The molecule has 0 bridgehead atoms. The van der Waals surface area contributed by atoms with Crippen molar-refractivity contribution in [3.05, 3.63) is 0 Å². The zero-order valence-corrected chi connectivity index (χ0v) is 34.1. The van der Waals surface area contributed by atoms with E-state index in [1.165, 1.54) is 0 Å². The third-order valence-electron chi connectivity index (χ3n) is 1.74. The van der Waals surface area contributed by atoms with Gasteiger partial charge in [-0.05, 0) is 7.05 Å². The van der Waals surface area contributed by atoms with Crippen LogP contribution >= 0.6 is 0 Å². The van der Waals surface area contributed by atoms with E-state index in [0.717, 1.165) is 0 Å². The molecular weight excluding hydrogens is 1310 g/mol. The normalized spacial score (nSPS) is 15.0. The second kappa shape index (κ2) is 26.2. The fourth-order valence-electron chi connectivity index (χ4n) is 0.893. The van der Waals surface area contributed by atoms with Crippen molar-refractivity contribution >= 4 is 0 Å². The number of hydrogen-bond donors (Lipinski definition) is 6. The summed E-state index contributed by atoms with van der Waals surface area (Å²) in [6, 6.07) is 0. The molecule has 0 aromatic carbocycles. The van der Waals surface area contributed by atoms with Gasteiger partial charge >= 0.3 is 0 Å². The van der Waals surface area contributed by atoms with Gasteiger partial charge in [0.2, 0.25) is 0 Å². The van der Waals surface area contributed by atoms with Crippen molar-refractivity contribution in [2.75, 3.05) is 20.2 Å². The van der Waals surface area contributed by atoms with Gasteiger partial charge in [-0.1, -0.05) is 0 Å². The van der Waals surface area contributed by atoms with Gasteiger partial charge in [0.25, 0.3) is 0 Å². The molecule has 11 heteroatoms. The second-order valence-corrected chi connectivity index (χ2v) is 2.86. The van der Waals surface area contributed by atoms with E-state index in [0.29, 0.717) is 0 Å². The zero-order valence-electron chi connectivity index (χ0n) is 10.3. The molecule has 0 fully saturated rings. The van der Waals surface area contributed by atoms with E-state index in [4.69, 9.17) is 20.4 Å². The van der Waals surface area contributed by atoms with Gasteiger partial charge in [-0.2, -0.15) is 0 Å². The molecule has 95 valence electrons. The van der Waals surface area contributed by atoms with Gasteiger partial charge in [0.1, 0.15) is 18.3 Å². The summed E-state index contributed by atoms with van der Waals surface area (Å²) in [5, 5.41) is 47.5. The quantitative estimate of drug-likeness (QED) is 0.166. The summed E-state index contributed by atoms with van der Waals surface area (Å²) in [6.45, 7) is -0.569. The summed E-state index contributed by atoms with van der Waals surface area (Å²) >= 11 is 0. The van der Waals surface area contributed by atoms with Crippen LogP contribution in [0.2, 0.25) is 0 Å². The smallest absolute Gasteiger partial charge is 0.111 e. The second-order valence-electron chi connectivity index (χ2n) is 2.86. The van der Waals surface area contributed by atoms with Crippen LogP contribution < -0.4 is 5.32 Å². The molecule has 5 radical (unpaired) electrons. The minimum atomic E-state index is -1.55. The number of nitrogens with one attached hydrogen (secondary N) is 1. The summed E-state index contributed by atoms with van der Waals surface area (Å²) in [5.41, 5.74) is 0. The van der Waals surface area contributed by atoms with Gasteiger partial charge in [-0.25, -0.2) is 0 Å². The molecule has 0 spiro atoms. The molecule has 0 saturated heterocycles. The molecule has 0 rings (SSSR count). The number of likely N-dealkylation sites (N-methyl/N-ethyl adjacent to an activating group) is 1. The Bertz CT molecular complexity index is 149. The first-order valence-electron chi connectivity index (χ1n) is 4.02. The van der Waals surface area contributed by atoms with Gasteiger partial charge < -0.3 is 30.8 Å². The monoisotopic (exact) mass is 1330 g/mol. The Balaban J connectivity index is -0.0000000720. The van der Waals surface area contributed by atoms with Crippen molar-refractivity contribution in [3.63, 3.8) is 0 Å². The van der Waals surface area contributed by atoms with Gasteiger partial charge in [-0.15, -0.1) is 0 Å². The molecule has 0 amide bonds. The number of aliphatic hydroxyl groups excluding tert-OH is 5. The van der Waals surface area contributed by atoms with Gasteiger partial charge in [0.05, 0.1) is 12.7 Å². The van der Waals surface area contributed by atoms with Crippen LogP contribution in [0.1, 0.15) is 0 Å². The minimum Gasteiger partial charge on any atom is -0.394 e. The maximum atomic E-state index is 9.21. The van der Waals surface area contributed by atoms with Crippen molar-refractivity contribution < 1.29 is 246 Å². The fraction of sp³-hybridized carbons (Fsp3) is 1.00. The zero-order chi connectivity index (χ0) is 10.4. The summed E-state index contributed by atoms with van der Waals surface area (Å²) in [5.74, 6) is 0. The molecule has 0 aliphatic carbocycles. The Hall–Kier alpha value is 6.97. The molecule has 6 N–H and O–H groups in total. The third-order valence-corrected chi connectivity index (χ3v) is 1.74.